The van der Waals surface area contributed by atoms with Gasteiger partial charge < -0.3 is 15.0 Å². The van der Waals surface area contributed by atoms with Crippen LogP contribution in [0, 0.1) is 5.95 Å². The second-order valence-corrected chi connectivity index (χ2v) is 8.11. The zero-order valence-electron chi connectivity index (χ0n) is 16.9. The number of aromatic nitrogens is 3. The summed E-state index contributed by atoms with van der Waals surface area (Å²) in [6.07, 6.45) is 5.44. The summed E-state index contributed by atoms with van der Waals surface area (Å²) in [6.45, 7) is 6.63. The van der Waals surface area contributed by atoms with E-state index < -0.39 is 11.5 Å². The SMILES string of the molecule is CC(C)(C)OC(=O)N1CCC(NC(=O)Cc2ccc(-n3cnc(F)c3)nc2)CC1. The number of ether oxygens (including phenoxy) is 1. The number of nitrogens with zero attached hydrogens (tertiary/aromatic N) is 4. The van der Waals surface area contributed by atoms with Gasteiger partial charge in [0, 0.05) is 25.3 Å². The number of amides is 2. The lowest BCUT2D eigenvalue weighted by Crippen LogP contribution is -2.48. The molecule has 2 aromatic rings. The van der Waals surface area contributed by atoms with Gasteiger partial charge >= 0.3 is 6.09 Å². The Hall–Kier alpha value is -2.97. The minimum Gasteiger partial charge on any atom is -0.444 e. The van der Waals surface area contributed by atoms with E-state index in [0.29, 0.717) is 31.7 Å². The zero-order chi connectivity index (χ0) is 21.0. The first-order valence-electron chi connectivity index (χ1n) is 9.62. The van der Waals surface area contributed by atoms with E-state index in [1.54, 1.807) is 23.2 Å². The molecule has 0 bridgehead atoms. The lowest BCUT2D eigenvalue weighted by molar-refractivity contribution is -0.121. The van der Waals surface area contributed by atoms with Crippen LogP contribution in [0.2, 0.25) is 0 Å². The molecule has 0 unspecified atom stereocenters. The topological polar surface area (TPSA) is 89.4 Å². The molecule has 3 rings (SSSR count). The number of halogens is 1. The number of carbonyl (C=O) groups excluding carboxylic acids is 2. The minimum absolute atomic E-state index is 0.0299. The van der Waals surface area contributed by atoms with Crippen LogP contribution < -0.4 is 5.32 Å². The van der Waals surface area contributed by atoms with Gasteiger partial charge in [-0.1, -0.05) is 6.07 Å². The van der Waals surface area contributed by atoms with E-state index in [1.807, 2.05) is 20.8 Å². The number of hydrogen-bond donors (Lipinski definition) is 1. The molecule has 0 spiro atoms. The molecule has 29 heavy (non-hydrogen) atoms. The second-order valence-electron chi connectivity index (χ2n) is 8.11. The smallest absolute Gasteiger partial charge is 0.410 e. The van der Waals surface area contributed by atoms with Crippen LogP contribution >= 0.6 is 0 Å². The Kier molecular flexibility index (Phi) is 6.14. The normalized spacial score (nSPS) is 15.2. The first kappa shape index (κ1) is 20.8. The van der Waals surface area contributed by atoms with Crippen molar-refractivity contribution >= 4 is 12.0 Å². The van der Waals surface area contributed by atoms with E-state index in [0.717, 1.165) is 5.56 Å². The summed E-state index contributed by atoms with van der Waals surface area (Å²) in [5.74, 6) is -0.142. The van der Waals surface area contributed by atoms with E-state index in [2.05, 4.69) is 15.3 Å². The first-order valence-corrected chi connectivity index (χ1v) is 9.62. The molecule has 2 aromatic heterocycles. The Bertz CT molecular complexity index is 852. The van der Waals surface area contributed by atoms with Crippen molar-refractivity contribution in [3.05, 3.63) is 42.4 Å². The van der Waals surface area contributed by atoms with Crippen molar-refractivity contribution in [3.8, 4) is 5.82 Å². The van der Waals surface area contributed by atoms with Crippen LogP contribution in [0.25, 0.3) is 5.82 Å². The molecule has 2 amide bonds. The number of imidazole rings is 1. The van der Waals surface area contributed by atoms with Gasteiger partial charge in [0.1, 0.15) is 17.7 Å². The summed E-state index contributed by atoms with van der Waals surface area (Å²) >= 11 is 0. The van der Waals surface area contributed by atoms with E-state index >= 15 is 0 Å². The molecule has 156 valence electrons. The average molecular weight is 403 g/mol. The minimum atomic E-state index is -0.576. The van der Waals surface area contributed by atoms with E-state index in [4.69, 9.17) is 4.74 Å². The van der Waals surface area contributed by atoms with Gasteiger partial charge in [0.2, 0.25) is 11.9 Å². The quantitative estimate of drug-likeness (QED) is 0.847. The van der Waals surface area contributed by atoms with Crippen LogP contribution in [0.1, 0.15) is 39.2 Å². The molecule has 0 aliphatic carbocycles. The van der Waals surface area contributed by atoms with E-state index in [-0.39, 0.29) is 24.5 Å². The fraction of sp³-hybridized carbons (Fsp3) is 0.500. The van der Waals surface area contributed by atoms with E-state index in [9.17, 15) is 14.0 Å². The number of pyridine rings is 1. The lowest BCUT2D eigenvalue weighted by atomic mass is 10.0. The van der Waals surface area contributed by atoms with E-state index in [1.165, 1.54) is 17.1 Å². The van der Waals surface area contributed by atoms with Crippen LogP contribution in [0.4, 0.5) is 9.18 Å². The summed E-state index contributed by atoms with van der Waals surface area (Å²) in [7, 11) is 0. The fourth-order valence-corrected chi connectivity index (χ4v) is 3.10. The first-order chi connectivity index (χ1) is 13.7. The van der Waals surface area contributed by atoms with Crippen LogP contribution in [0.5, 0.6) is 0 Å². The van der Waals surface area contributed by atoms with Gasteiger partial charge in [0.15, 0.2) is 0 Å². The number of hydrogen-bond acceptors (Lipinski definition) is 5. The zero-order valence-corrected chi connectivity index (χ0v) is 16.9. The number of rotatable bonds is 4. The number of piperidine rings is 1. The highest BCUT2D eigenvalue weighted by atomic mass is 19.1. The summed E-state index contributed by atoms with van der Waals surface area (Å²) in [4.78, 5) is 33.9. The van der Waals surface area contributed by atoms with Crippen LogP contribution in [0.15, 0.2) is 30.9 Å². The van der Waals surface area contributed by atoms with Gasteiger partial charge in [-0.15, -0.1) is 0 Å². The summed E-state index contributed by atoms with van der Waals surface area (Å²) < 4.78 is 19.8. The standard InChI is InChI=1S/C20H26FN5O3/c1-20(2,3)29-19(28)25-8-6-15(7-9-25)24-18(27)10-14-4-5-17(22-11-14)26-12-16(21)23-13-26/h4-5,11-13,15H,6-10H2,1-3H3,(H,24,27). The second kappa shape index (κ2) is 8.59. The number of carbonyl (C=O) groups is 2. The predicted octanol–water partition coefficient (Wildman–Crippen LogP) is 2.46. The highest BCUT2D eigenvalue weighted by Gasteiger charge is 2.27. The van der Waals surface area contributed by atoms with Crippen molar-refractivity contribution in [3.63, 3.8) is 0 Å². The maximum atomic E-state index is 13.0. The molecule has 3 heterocycles. The molecule has 1 fully saturated rings. The van der Waals surface area contributed by atoms with Gasteiger partial charge in [-0.2, -0.15) is 4.39 Å². The van der Waals surface area contributed by atoms with Gasteiger partial charge in [-0.25, -0.2) is 14.8 Å². The van der Waals surface area contributed by atoms with Crippen LogP contribution in [0.3, 0.4) is 0 Å². The number of likely N-dealkylation sites (tertiary alicyclic amines) is 1. The van der Waals surface area contributed by atoms with Crippen molar-refractivity contribution in [1.82, 2.24) is 24.8 Å². The maximum absolute atomic E-state index is 13.0. The molecule has 0 atom stereocenters. The molecular formula is C20H26FN5O3. The molecule has 9 heteroatoms. The van der Waals surface area contributed by atoms with Gasteiger partial charge in [0.05, 0.1) is 12.6 Å². The highest BCUT2D eigenvalue weighted by molar-refractivity contribution is 5.78. The molecule has 8 nitrogen and oxygen atoms in total. The van der Waals surface area contributed by atoms with Crippen molar-refractivity contribution in [2.24, 2.45) is 0 Å². The Morgan fingerprint density at radius 2 is 1.97 bits per heavy atom. The third-order valence-corrected chi connectivity index (χ3v) is 4.50. The molecule has 1 aliphatic rings. The van der Waals surface area contributed by atoms with Crippen molar-refractivity contribution in [1.29, 1.82) is 0 Å². The van der Waals surface area contributed by atoms with Crippen molar-refractivity contribution in [2.75, 3.05) is 13.1 Å². The largest absolute Gasteiger partial charge is 0.444 e. The summed E-state index contributed by atoms with van der Waals surface area (Å²) in [5, 5.41) is 3.01. The van der Waals surface area contributed by atoms with Gasteiger partial charge in [-0.3, -0.25) is 9.36 Å². The summed E-state index contributed by atoms with van der Waals surface area (Å²) in [6, 6.07) is 3.52. The Morgan fingerprint density at radius 3 is 2.52 bits per heavy atom. The third kappa shape index (κ3) is 6.00. The van der Waals surface area contributed by atoms with Gasteiger partial charge in [-0.05, 0) is 45.2 Å². The van der Waals surface area contributed by atoms with Gasteiger partial charge in [0.25, 0.3) is 0 Å². The molecule has 1 aliphatic heterocycles. The molecule has 1 saturated heterocycles. The monoisotopic (exact) mass is 403 g/mol. The van der Waals surface area contributed by atoms with Crippen LogP contribution in [-0.2, 0) is 16.0 Å². The lowest BCUT2D eigenvalue weighted by Gasteiger charge is -2.33. The third-order valence-electron chi connectivity index (χ3n) is 4.50. The average Bonchev–Trinajstić information content (AvgIpc) is 3.08. The van der Waals surface area contributed by atoms with Crippen LogP contribution in [-0.4, -0.2) is 56.2 Å². The molecular weight excluding hydrogens is 377 g/mol. The van der Waals surface area contributed by atoms with Crippen molar-refractivity contribution in [2.45, 2.75) is 51.7 Å². The predicted molar refractivity (Wildman–Crippen MR) is 104 cm³/mol. The Balaban J connectivity index is 1.45. The molecule has 0 saturated carbocycles. The molecule has 1 N–H and O–H groups in total. The van der Waals surface area contributed by atoms with Crippen molar-refractivity contribution < 1.29 is 18.7 Å². The summed E-state index contributed by atoms with van der Waals surface area (Å²) in [5.41, 5.74) is 0.246. The molecule has 0 aromatic carbocycles. The Morgan fingerprint density at radius 1 is 1.24 bits per heavy atom. The fourth-order valence-electron chi connectivity index (χ4n) is 3.10. The highest BCUT2D eigenvalue weighted by Crippen LogP contribution is 2.16. The maximum Gasteiger partial charge on any atom is 0.410 e. The molecule has 0 radical (unpaired) electrons. The number of nitrogens with one attached hydrogen (secondary N) is 1. The Labute approximate surface area is 169 Å².